The number of benzene rings is 2. The zero-order valence-corrected chi connectivity index (χ0v) is 16.8. The largest absolute Gasteiger partial charge is 0.483 e. The molecule has 0 bridgehead atoms. The van der Waals surface area contributed by atoms with E-state index >= 15 is 0 Å². The van der Waals surface area contributed by atoms with Gasteiger partial charge in [-0.15, -0.1) is 0 Å². The number of amides is 2. The van der Waals surface area contributed by atoms with Crippen molar-refractivity contribution in [2.45, 2.75) is 20.0 Å². The van der Waals surface area contributed by atoms with Gasteiger partial charge < -0.3 is 24.9 Å². The Labute approximate surface area is 177 Å². The summed E-state index contributed by atoms with van der Waals surface area (Å²) in [5.74, 6) is -0.0984. The van der Waals surface area contributed by atoms with Crippen molar-refractivity contribution in [1.29, 1.82) is 0 Å². The summed E-state index contributed by atoms with van der Waals surface area (Å²) in [5.41, 5.74) is 2.72. The quantitative estimate of drug-likeness (QED) is 0.403. The van der Waals surface area contributed by atoms with Crippen molar-refractivity contribution in [3.8, 4) is 5.75 Å². The number of carbonyl (C=O) groups excluding carboxylic acids is 2. The lowest BCUT2D eigenvalue weighted by Gasteiger charge is -2.09. The molecule has 2 heterocycles. The lowest BCUT2D eigenvalue weighted by atomic mass is 10.1. The van der Waals surface area contributed by atoms with Gasteiger partial charge in [0.2, 0.25) is 11.7 Å². The lowest BCUT2D eigenvalue weighted by Crippen LogP contribution is -2.26. The van der Waals surface area contributed by atoms with E-state index in [-0.39, 0.29) is 24.2 Å². The fraction of sp³-hybridized carbons (Fsp3) is 0.182. The minimum Gasteiger partial charge on any atom is -0.483 e. The molecule has 0 spiro atoms. The smallest absolute Gasteiger partial charge is 0.316 e. The van der Waals surface area contributed by atoms with Crippen LogP contribution < -0.4 is 15.4 Å². The number of anilines is 1. The third-order valence-electron chi connectivity index (χ3n) is 4.57. The fourth-order valence-electron chi connectivity index (χ4n) is 3.16. The van der Waals surface area contributed by atoms with Gasteiger partial charge in [0, 0.05) is 30.6 Å². The Hall–Kier alpha value is -4.14. The molecule has 0 unspecified atom stereocenters. The van der Waals surface area contributed by atoms with Crippen LogP contribution in [0.1, 0.15) is 29.0 Å². The van der Waals surface area contributed by atoms with Crippen LogP contribution in [0.5, 0.6) is 5.75 Å². The van der Waals surface area contributed by atoms with E-state index < -0.39 is 5.91 Å². The number of aromatic nitrogens is 3. The molecular formula is C22H21N5O4. The molecule has 3 N–H and O–H groups in total. The predicted octanol–water partition coefficient (Wildman–Crippen LogP) is 3.06. The third-order valence-corrected chi connectivity index (χ3v) is 4.57. The molecule has 4 rings (SSSR count). The highest BCUT2D eigenvalue weighted by Crippen LogP contribution is 2.24. The van der Waals surface area contributed by atoms with Crippen molar-refractivity contribution < 1.29 is 18.8 Å². The summed E-state index contributed by atoms with van der Waals surface area (Å²) < 4.78 is 10.7. The summed E-state index contributed by atoms with van der Waals surface area (Å²) >= 11 is 0. The molecule has 158 valence electrons. The van der Waals surface area contributed by atoms with Crippen LogP contribution >= 0.6 is 0 Å². The molecular weight excluding hydrogens is 398 g/mol. The summed E-state index contributed by atoms with van der Waals surface area (Å²) in [6, 6.07) is 15.0. The molecule has 9 heteroatoms. The molecule has 2 aromatic carbocycles. The number of nitrogens with one attached hydrogen (secondary N) is 3. The third kappa shape index (κ3) is 4.89. The highest BCUT2D eigenvalue weighted by atomic mass is 16.5. The van der Waals surface area contributed by atoms with E-state index in [4.69, 9.17) is 9.26 Å². The Bertz CT molecular complexity index is 1210. The first-order valence-electron chi connectivity index (χ1n) is 9.75. The second-order valence-corrected chi connectivity index (χ2v) is 6.85. The Morgan fingerprint density at radius 3 is 2.81 bits per heavy atom. The molecule has 0 saturated carbocycles. The molecule has 0 atom stereocenters. The summed E-state index contributed by atoms with van der Waals surface area (Å²) in [6.45, 7) is 1.83. The van der Waals surface area contributed by atoms with Gasteiger partial charge in [-0.1, -0.05) is 35.5 Å². The topological polar surface area (TPSA) is 122 Å². The van der Waals surface area contributed by atoms with Crippen molar-refractivity contribution in [3.05, 3.63) is 72.0 Å². The van der Waals surface area contributed by atoms with Gasteiger partial charge in [-0.05, 0) is 30.2 Å². The van der Waals surface area contributed by atoms with Crippen molar-refractivity contribution in [2.75, 3.05) is 11.9 Å². The van der Waals surface area contributed by atoms with Crippen molar-refractivity contribution >= 4 is 28.4 Å². The van der Waals surface area contributed by atoms with E-state index in [0.717, 1.165) is 16.5 Å². The zero-order chi connectivity index (χ0) is 21.6. The van der Waals surface area contributed by atoms with Crippen LogP contribution in [-0.4, -0.2) is 33.5 Å². The number of fused-ring (bicyclic) bond motifs is 1. The number of ether oxygens (including phenoxy) is 1. The molecule has 0 aliphatic carbocycles. The first-order valence-corrected chi connectivity index (χ1v) is 9.75. The maximum Gasteiger partial charge on any atom is 0.316 e. The van der Waals surface area contributed by atoms with Crippen LogP contribution in [0, 0.1) is 0 Å². The van der Waals surface area contributed by atoms with Gasteiger partial charge in [0.15, 0.2) is 6.61 Å². The predicted molar refractivity (Wildman–Crippen MR) is 114 cm³/mol. The summed E-state index contributed by atoms with van der Waals surface area (Å²) in [7, 11) is 0. The molecule has 0 aliphatic rings. The van der Waals surface area contributed by atoms with Crippen LogP contribution in [0.2, 0.25) is 0 Å². The second kappa shape index (κ2) is 9.12. The highest BCUT2D eigenvalue weighted by Gasteiger charge is 2.16. The molecule has 9 nitrogen and oxygen atoms in total. The molecule has 0 aliphatic heterocycles. The lowest BCUT2D eigenvalue weighted by molar-refractivity contribution is -0.114. The normalized spacial score (nSPS) is 10.7. The van der Waals surface area contributed by atoms with Crippen LogP contribution in [0.15, 0.2) is 59.3 Å². The summed E-state index contributed by atoms with van der Waals surface area (Å²) in [6.07, 6.45) is 2.61. The van der Waals surface area contributed by atoms with Crippen molar-refractivity contribution in [1.82, 2.24) is 20.4 Å². The molecule has 31 heavy (non-hydrogen) atoms. The van der Waals surface area contributed by atoms with E-state index in [1.807, 2.05) is 30.5 Å². The highest BCUT2D eigenvalue weighted by molar-refractivity contribution is 5.90. The van der Waals surface area contributed by atoms with E-state index in [1.165, 1.54) is 6.92 Å². The first kappa shape index (κ1) is 20.1. The average molecular weight is 419 g/mol. The summed E-state index contributed by atoms with van der Waals surface area (Å²) in [5, 5.41) is 10.4. The molecule has 4 aromatic rings. The Kier molecular flexibility index (Phi) is 5.93. The minimum absolute atomic E-state index is 0.0112. The van der Waals surface area contributed by atoms with Gasteiger partial charge in [-0.25, -0.2) is 0 Å². The van der Waals surface area contributed by atoms with Crippen molar-refractivity contribution in [2.24, 2.45) is 0 Å². The number of H-pyrrole nitrogens is 1. The Balaban J connectivity index is 1.30. The van der Waals surface area contributed by atoms with Crippen LogP contribution in [-0.2, 0) is 17.8 Å². The van der Waals surface area contributed by atoms with E-state index in [9.17, 15) is 9.59 Å². The van der Waals surface area contributed by atoms with Gasteiger partial charge in [0.05, 0.1) is 5.69 Å². The zero-order valence-electron chi connectivity index (χ0n) is 16.8. The number of hydrogen-bond donors (Lipinski definition) is 3. The number of rotatable bonds is 8. The number of nitrogens with zero attached hydrogens (tertiary/aromatic N) is 2. The molecule has 0 saturated heterocycles. The monoisotopic (exact) mass is 419 g/mol. The maximum atomic E-state index is 12.3. The molecule has 0 fully saturated rings. The SMILES string of the molecule is CC(=O)Nc1ccccc1OCc1noc(C(=O)NCCc2c[nH]c3ccccc23)n1. The minimum atomic E-state index is -0.447. The van der Waals surface area contributed by atoms with Gasteiger partial charge in [-0.2, -0.15) is 4.98 Å². The Morgan fingerprint density at radius 2 is 1.94 bits per heavy atom. The second-order valence-electron chi connectivity index (χ2n) is 6.85. The van der Waals surface area contributed by atoms with Gasteiger partial charge in [0.1, 0.15) is 5.75 Å². The maximum absolute atomic E-state index is 12.3. The Morgan fingerprint density at radius 1 is 1.13 bits per heavy atom. The number of carbonyl (C=O) groups is 2. The van der Waals surface area contributed by atoms with Gasteiger partial charge >= 0.3 is 11.8 Å². The van der Waals surface area contributed by atoms with Crippen LogP contribution in [0.4, 0.5) is 5.69 Å². The number of aromatic amines is 1. The fourth-order valence-corrected chi connectivity index (χ4v) is 3.16. The van der Waals surface area contributed by atoms with Gasteiger partial charge in [-0.3, -0.25) is 9.59 Å². The molecule has 0 radical (unpaired) electrons. The van der Waals surface area contributed by atoms with Crippen LogP contribution in [0.25, 0.3) is 10.9 Å². The average Bonchev–Trinajstić information content (AvgIpc) is 3.40. The van der Waals surface area contributed by atoms with E-state index in [2.05, 4.69) is 25.8 Å². The van der Waals surface area contributed by atoms with Gasteiger partial charge in [0.25, 0.3) is 0 Å². The van der Waals surface area contributed by atoms with Crippen molar-refractivity contribution in [3.63, 3.8) is 0 Å². The summed E-state index contributed by atoms with van der Waals surface area (Å²) in [4.78, 5) is 30.9. The standard InChI is InChI=1S/C22H21N5O4/c1-14(28)25-18-8-4-5-9-19(18)30-13-20-26-22(31-27-20)21(29)23-11-10-15-12-24-17-7-3-2-6-16(15)17/h2-9,12,24H,10-11,13H2,1H3,(H,23,29)(H,25,28). The molecule has 2 amide bonds. The number of para-hydroxylation sites is 3. The molecule has 2 aromatic heterocycles. The van der Waals surface area contributed by atoms with E-state index in [0.29, 0.717) is 24.4 Å². The van der Waals surface area contributed by atoms with E-state index in [1.54, 1.807) is 24.3 Å². The number of hydrogen-bond acceptors (Lipinski definition) is 6. The first-order chi connectivity index (χ1) is 15.1. The van der Waals surface area contributed by atoms with Crippen LogP contribution in [0.3, 0.4) is 0 Å².